The van der Waals surface area contributed by atoms with Crippen LogP contribution in [0.2, 0.25) is 10.0 Å². The molecule has 0 aromatic heterocycles. The molecule has 0 spiro atoms. The van der Waals surface area contributed by atoms with Crippen LogP contribution >= 0.6 is 23.2 Å². The van der Waals surface area contributed by atoms with Crippen molar-refractivity contribution in [3.8, 4) is 0 Å². The quantitative estimate of drug-likeness (QED) is 0.846. The molecule has 1 aromatic rings. The normalized spacial score (nSPS) is 22.4. The summed E-state index contributed by atoms with van der Waals surface area (Å²) in [4.78, 5) is 2.66. The Morgan fingerprint density at radius 1 is 1.19 bits per heavy atom. The lowest BCUT2D eigenvalue weighted by Gasteiger charge is -2.34. The number of rotatable bonds is 5. The highest BCUT2D eigenvalue weighted by molar-refractivity contribution is 6.35. The third kappa shape index (κ3) is 3.92. The maximum Gasteiger partial charge on any atom is 0.0468 e. The van der Waals surface area contributed by atoms with Crippen molar-refractivity contribution in [3.05, 3.63) is 33.8 Å². The Hall–Kier alpha value is -0.280. The number of nitrogens with zero attached hydrogens (tertiary/aromatic N) is 1. The molecular formula is C17H24Cl2N2. The molecule has 1 saturated carbocycles. The van der Waals surface area contributed by atoms with Gasteiger partial charge < -0.3 is 10.2 Å². The predicted molar refractivity (Wildman–Crippen MR) is 90.2 cm³/mol. The second kappa shape index (κ2) is 6.87. The Morgan fingerprint density at radius 2 is 1.90 bits per heavy atom. The summed E-state index contributed by atoms with van der Waals surface area (Å²) in [5.41, 5.74) is 1.17. The first-order valence-electron chi connectivity index (χ1n) is 8.12. The maximum absolute atomic E-state index is 6.36. The minimum atomic E-state index is 0.326. The van der Waals surface area contributed by atoms with Gasteiger partial charge in [0.1, 0.15) is 0 Å². The van der Waals surface area contributed by atoms with E-state index in [9.17, 15) is 0 Å². The molecule has 1 unspecified atom stereocenters. The van der Waals surface area contributed by atoms with E-state index >= 15 is 0 Å². The maximum atomic E-state index is 6.36. The Kier molecular flexibility index (Phi) is 5.11. The van der Waals surface area contributed by atoms with Crippen LogP contribution < -0.4 is 5.32 Å². The van der Waals surface area contributed by atoms with Gasteiger partial charge in [0.2, 0.25) is 0 Å². The van der Waals surface area contributed by atoms with Crippen molar-refractivity contribution < 1.29 is 0 Å². The first kappa shape index (κ1) is 15.6. The molecule has 0 radical (unpaired) electrons. The molecule has 1 heterocycles. The van der Waals surface area contributed by atoms with E-state index in [4.69, 9.17) is 23.2 Å². The van der Waals surface area contributed by atoms with Crippen molar-refractivity contribution in [3.63, 3.8) is 0 Å². The number of benzene rings is 1. The van der Waals surface area contributed by atoms with Gasteiger partial charge >= 0.3 is 0 Å². The predicted octanol–water partition coefficient (Wildman–Crippen LogP) is 4.66. The molecule has 0 amide bonds. The molecule has 2 fully saturated rings. The van der Waals surface area contributed by atoms with Gasteiger partial charge in [-0.25, -0.2) is 0 Å². The number of hydrogen-bond acceptors (Lipinski definition) is 2. The Labute approximate surface area is 137 Å². The number of nitrogens with one attached hydrogen (secondary N) is 1. The van der Waals surface area contributed by atoms with Gasteiger partial charge in [-0.1, -0.05) is 36.2 Å². The summed E-state index contributed by atoms with van der Waals surface area (Å²) in [6.07, 6.45) is 6.37. The van der Waals surface area contributed by atoms with Crippen LogP contribution in [0.4, 0.5) is 0 Å². The standard InChI is InChI=1S/C17H24Cl2N2/c1-2-17(15-6-3-12(18)11-16(15)19)20-13-7-9-21(10-8-13)14-4-5-14/h3,6,11,13-14,17,20H,2,4-5,7-10H2,1H3. The molecule has 116 valence electrons. The second-order valence-electron chi connectivity index (χ2n) is 6.33. The van der Waals surface area contributed by atoms with Gasteiger partial charge in [0.25, 0.3) is 0 Å². The van der Waals surface area contributed by atoms with Gasteiger partial charge in [0.15, 0.2) is 0 Å². The van der Waals surface area contributed by atoms with E-state index in [0.717, 1.165) is 17.5 Å². The van der Waals surface area contributed by atoms with E-state index in [1.807, 2.05) is 12.1 Å². The third-order valence-electron chi connectivity index (χ3n) is 4.78. The van der Waals surface area contributed by atoms with E-state index in [0.29, 0.717) is 17.1 Å². The molecule has 1 saturated heterocycles. The van der Waals surface area contributed by atoms with Crippen molar-refractivity contribution in [1.82, 2.24) is 10.2 Å². The first-order valence-corrected chi connectivity index (χ1v) is 8.88. The van der Waals surface area contributed by atoms with E-state index in [1.54, 1.807) is 0 Å². The number of piperidine rings is 1. The summed E-state index contributed by atoms with van der Waals surface area (Å²) in [7, 11) is 0. The summed E-state index contributed by atoms with van der Waals surface area (Å²) in [6.45, 7) is 4.70. The number of halogens is 2. The summed E-state index contributed by atoms with van der Waals surface area (Å²) in [5, 5.41) is 5.29. The van der Waals surface area contributed by atoms with Gasteiger partial charge in [-0.2, -0.15) is 0 Å². The van der Waals surface area contributed by atoms with Crippen LogP contribution in [0.3, 0.4) is 0 Å². The van der Waals surface area contributed by atoms with Crippen molar-refractivity contribution in [2.45, 2.75) is 57.2 Å². The zero-order valence-corrected chi connectivity index (χ0v) is 14.1. The second-order valence-corrected chi connectivity index (χ2v) is 7.18. The molecular weight excluding hydrogens is 303 g/mol. The molecule has 1 N–H and O–H groups in total. The molecule has 21 heavy (non-hydrogen) atoms. The fourth-order valence-electron chi connectivity index (χ4n) is 3.37. The van der Waals surface area contributed by atoms with Crippen molar-refractivity contribution in [1.29, 1.82) is 0 Å². The topological polar surface area (TPSA) is 15.3 Å². The van der Waals surface area contributed by atoms with Gasteiger partial charge in [-0.3, -0.25) is 0 Å². The van der Waals surface area contributed by atoms with Gasteiger partial charge in [-0.15, -0.1) is 0 Å². The van der Waals surface area contributed by atoms with Crippen molar-refractivity contribution >= 4 is 23.2 Å². The highest BCUT2D eigenvalue weighted by atomic mass is 35.5. The van der Waals surface area contributed by atoms with Crippen LogP contribution in [-0.4, -0.2) is 30.1 Å². The molecule has 1 aliphatic carbocycles. The van der Waals surface area contributed by atoms with Crippen molar-refractivity contribution in [2.24, 2.45) is 0 Å². The van der Waals surface area contributed by atoms with E-state index in [-0.39, 0.29) is 0 Å². The Balaban J connectivity index is 1.59. The van der Waals surface area contributed by atoms with Gasteiger partial charge in [0, 0.05) is 28.2 Å². The van der Waals surface area contributed by atoms with Crippen LogP contribution in [0.5, 0.6) is 0 Å². The molecule has 3 rings (SSSR count). The lowest BCUT2D eigenvalue weighted by Crippen LogP contribution is -2.44. The minimum absolute atomic E-state index is 0.326. The summed E-state index contributed by atoms with van der Waals surface area (Å²) < 4.78 is 0. The zero-order valence-electron chi connectivity index (χ0n) is 12.6. The minimum Gasteiger partial charge on any atom is -0.307 e. The molecule has 2 nitrogen and oxygen atoms in total. The van der Waals surface area contributed by atoms with E-state index < -0.39 is 0 Å². The largest absolute Gasteiger partial charge is 0.307 e. The van der Waals surface area contributed by atoms with Crippen LogP contribution in [0.15, 0.2) is 18.2 Å². The fourth-order valence-corrected chi connectivity index (χ4v) is 3.91. The van der Waals surface area contributed by atoms with Gasteiger partial charge in [-0.05, 0) is 62.9 Å². The van der Waals surface area contributed by atoms with Crippen LogP contribution in [0.1, 0.15) is 50.6 Å². The molecule has 1 aromatic carbocycles. The molecule has 2 aliphatic rings. The molecule has 4 heteroatoms. The lowest BCUT2D eigenvalue weighted by molar-refractivity contribution is 0.182. The summed E-state index contributed by atoms with van der Waals surface area (Å²) in [6, 6.07) is 7.68. The molecule has 0 bridgehead atoms. The monoisotopic (exact) mass is 326 g/mol. The lowest BCUT2D eigenvalue weighted by atomic mass is 9.99. The smallest absolute Gasteiger partial charge is 0.0468 e. The van der Waals surface area contributed by atoms with E-state index in [1.165, 1.54) is 44.3 Å². The number of hydrogen-bond donors (Lipinski definition) is 1. The van der Waals surface area contributed by atoms with Crippen molar-refractivity contribution in [2.75, 3.05) is 13.1 Å². The fraction of sp³-hybridized carbons (Fsp3) is 0.647. The van der Waals surface area contributed by atoms with Crippen LogP contribution in [0.25, 0.3) is 0 Å². The molecule has 1 aliphatic heterocycles. The summed E-state index contributed by atoms with van der Waals surface area (Å²) in [5.74, 6) is 0. The first-order chi connectivity index (χ1) is 10.2. The van der Waals surface area contributed by atoms with Crippen LogP contribution in [-0.2, 0) is 0 Å². The Bertz CT molecular complexity index is 480. The Morgan fingerprint density at radius 3 is 2.48 bits per heavy atom. The van der Waals surface area contributed by atoms with E-state index in [2.05, 4.69) is 23.2 Å². The highest BCUT2D eigenvalue weighted by Crippen LogP contribution is 2.31. The average Bonchev–Trinajstić information content (AvgIpc) is 3.31. The molecule has 1 atom stereocenters. The third-order valence-corrected chi connectivity index (χ3v) is 5.34. The van der Waals surface area contributed by atoms with Gasteiger partial charge in [0.05, 0.1) is 0 Å². The average molecular weight is 327 g/mol. The van der Waals surface area contributed by atoms with Crippen LogP contribution in [0, 0.1) is 0 Å². The zero-order chi connectivity index (χ0) is 14.8. The highest BCUT2D eigenvalue weighted by Gasteiger charge is 2.32. The number of likely N-dealkylation sites (tertiary alicyclic amines) is 1. The SMILES string of the molecule is CCC(NC1CCN(C2CC2)CC1)c1ccc(Cl)cc1Cl. The summed E-state index contributed by atoms with van der Waals surface area (Å²) >= 11 is 12.4.